The van der Waals surface area contributed by atoms with E-state index in [1.165, 1.54) is 6.07 Å². The molecule has 0 aliphatic carbocycles. The van der Waals surface area contributed by atoms with Crippen molar-refractivity contribution in [1.82, 2.24) is 10.2 Å². The number of thioether (sulfide) groups is 1. The Balaban J connectivity index is 0.00000364. The zero-order valence-electron chi connectivity index (χ0n) is 16.4. The second-order valence-electron chi connectivity index (χ2n) is 6.33. The fourth-order valence-corrected chi connectivity index (χ4v) is 4.25. The molecule has 1 aromatic rings. The van der Waals surface area contributed by atoms with E-state index in [0.717, 1.165) is 44.3 Å². The highest BCUT2D eigenvalue weighted by Gasteiger charge is 2.32. The first kappa shape index (κ1) is 24.3. The third kappa shape index (κ3) is 7.65. The summed E-state index contributed by atoms with van der Waals surface area (Å²) in [5, 5.41) is 3.49. The van der Waals surface area contributed by atoms with E-state index in [9.17, 15) is 4.39 Å². The highest BCUT2D eigenvalue weighted by atomic mass is 127. The van der Waals surface area contributed by atoms with Crippen LogP contribution >= 0.6 is 35.7 Å². The minimum absolute atomic E-state index is 0. The number of halogens is 2. The molecule has 0 amide bonds. The average Bonchev–Trinajstić information content (AvgIpc) is 2.65. The lowest BCUT2D eigenvalue weighted by molar-refractivity contribution is 0.0780. The monoisotopic (exact) mass is 511 g/mol. The summed E-state index contributed by atoms with van der Waals surface area (Å²) >= 11 is 2.00. The van der Waals surface area contributed by atoms with E-state index in [-0.39, 0.29) is 40.3 Å². The average molecular weight is 511 g/mol. The normalized spacial score (nSPS) is 16.4. The van der Waals surface area contributed by atoms with Gasteiger partial charge in [0.25, 0.3) is 0 Å². The molecule has 27 heavy (non-hydrogen) atoms. The van der Waals surface area contributed by atoms with Gasteiger partial charge in [0.15, 0.2) is 17.5 Å². The molecule has 154 valence electrons. The van der Waals surface area contributed by atoms with E-state index in [1.54, 1.807) is 25.2 Å². The van der Waals surface area contributed by atoms with Crippen molar-refractivity contribution in [3.63, 3.8) is 0 Å². The summed E-state index contributed by atoms with van der Waals surface area (Å²) in [7, 11) is 3.74. The van der Waals surface area contributed by atoms with E-state index < -0.39 is 0 Å². The molecule has 1 aromatic carbocycles. The van der Waals surface area contributed by atoms with Gasteiger partial charge in [-0.2, -0.15) is 11.8 Å². The Bertz CT molecular complexity index is 580. The van der Waals surface area contributed by atoms with E-state index in [0.29, 0.717) is 13.2 Å². The van der Waals surface area contributed by atoms with Crippen LogP contribution in [0, 0.1) is 5.82 Å². The number of aliphatic imine (C=N–C) groups is 1. The first-order valence-electron chi connectivity index (χ1n) is 9.11. The number of nitrogens with zero attached hydrogens (tertiary/aromatic N) is 2. The molecule has 0 saturated carbocycles. The van der Waals surface area contributed by atoms with E-state index in [4.69, 9.17) is 9.47 Å². The summed E-state index contributed by atoms with van der Waals surface area (Å²) in [5.41, 5.74) is 0. The number of hydrogen-bond acceptors (Lipinski definition) is 4. The molecular formula is C19H31FIN3O2S. The van der Waals surface area contributed by atoms with Gasteiger partial charge >= 0.3 is 0 Å². The van der Waals surface area contributed by atoms with Gasteiger partial charge in [0.2, 0.25) is 0 Å². The number of benzene rings is 1. The van der Waals surface area contributed by atoms with Crippen LogP contribution in [0.4, 0.5) is 4.39 Å². The number of likely N-dealkylation sites (N-methyl/N-ethyl adjacent to an activating group) is 1. The lowest BCUT2D eigenvalue weighted by atomic mass is 9.99. The summed E-state index contributed by atoms with van der Waals surface area (Å²) in [6.07, 6.45) is 2.10. The Morgan fingerprint density at radius 2 is 2.07 bits per heavy atom. The third-order valence-corrected chi connectivity index (χ3v) is 5.97. The van der Waals surface area contributed by atoms with Crippen molar-refractivity contribution in [3.05, 3.63) is 30.1 Å². The molecular weight excluding hydrogens is 480 g/mol. The van der Waals surface area contributed by atoms with Crippen LogP contribution in [0.2, 0.25) is 0 Å². The number of hydrogen-bond donors (Lipinski definition) is 1. The van der Waals surface area contributed by atoms with E-state index in [2.05, 4.69) is 17.2 Å². The topological polar surface area (TPSA) is 46.1 Å². The molecule has 1 fully saturated rings. The quantitative estimate of drug-likeness (QED) is 0.328. The van der Waals surface area contributed by atoms with Crippen molar-refractivity contribution in [2.75, 3.05) is 52.8 Å². The number of para-hydroxylation sites is 1. The zero-order chi connectivity index (χ0) is 18.8. The van der Waals surface area contributed by atoms with Crippen LogP contribution in [-0.4, -0.2) is 68.4 Å². The third-order valence-electron chi connectivity index (χ3n) is 4.52. The highest BCUT2D eigenvalue weighted by molar-refractivity contribution is 14.0. The number of nitrogens with one attached hydrogen (secondary N) is 1. The standard InChI is InChI=1S/C19H30FN3O2S.HI/c1-4-26-19(9-12-24-13-10-19)15-22-18(21-2)23(3)11-14-25-17-8-6-5-7-16(17)20;/h5-8H,4,9-15H2,1-3H3,(H,21,22);1H. The lowest BCUT2D eigenvalue weighted by Gasteiger charge is -2.37. The van der Waals surface area contributed by atoms with Crippen molar-refractivity contribution in [2.24, 2.45) is 4.99 Å². The summed E-state index contributed by atoms with van der Waals surface area (Å²) in [6, 6.07) is 6.46. The van der Waals surface area contributed by atoms with Gasteiger partial charge in [0.1, 0.15) is 6.61 Å². The summed E-state index contributed by atoms with van der Waals surface area (Å²) < 4.78 is 24.9. The molecule has 1 aliphatic heterocycles. The van der Waals surface area contributed by atoms with Gasteiger partial charge in [-0.05, 0) is 30.7 Å². The second-order valence-corrected chi connectivity index (χ2v) is 8.06. The molecule has 0 bridgehead atoms. The SMILES string of the molecule is CCSC1(CNC(=NC)N(C)CCOc2ccccc2F)CCOCC1.I. The van der Waals surface area contributed by atoms with Crippen LogP contribution < -0.4 is 10.1 Å². The smallest absolute Gasteiger partial charge is 0.193 e. The molecule has 0 atom stereocenters. The summed E-state index contributed by atoms with van der Waals surface area (Å²) in [5.74, 6) is 1.86. The van der Waals surface area contributed by atoms with Crippen LogP contribution in [0.3, 0.4) is 0 Å². The molecule has 5 nitrogen and oxygen atoms in total. The van der Waals surface area contributed by atoms with Crippen LogP contribution in [0.1, 0.15) is 19.8 Å². The molecule has 1 saturated heterocycles. The predicted octanol–water partition coefficient (Wildman–Crippen LogP) is 3.63. The molecule has 1 N–H and O–H groups in total. The van der Waals surface area contributed by atoms with Crippen molar-refractivity contribution in [2.45, 2.75) is 24.5 Å². The lowest BCUT2D eigenvalue weighted by Crippen LogP contribution is -2.49. The maximum Gasteiger partial charge on any atom is 0.193 e. The van der Waals surface area contributed by atoms with E-state index in [1.807, 2.05) is 23.7 Å². The highest BCUT2D eigenvalue weighted by Crippen LogP contribution is 2.34. The molecule has 1 aliphatic rings. The second kappa shape index (κ2) is 12.7. The van der Waals surface area contributed by atoms with Crippen LogP contribution in [-0.2, 0) is 4.74 Å². The molecule has 0 radical (unpaired) electrons. The van der Waals surface area contributed by atoms with Crippen LogP contribution in [0.25, 0.3) is 0 Å². The van der Waals surface area contributed by atoms with Crippen molar-refractivity contribution >= 4 is 41.7 Å². The fourth-order valence-electron chi connectivity index (χ4n) is 3.01. The van der Waals surface area contributed by atoms with Gasteiger partial charge in [-0.1, -0.05) is 19.1 Å². The predicted molar refractivity (Wildman–Crippen MR) is 122 cm³/mol. The minimum Gasteiger partial charge on any atom is -0.489 e. The first-order valence-corrected chi connectivity index (χ1v) is 10.1. The van der Waals surface area contributed by atoms with Gasteiger partial charge in [-0.25, -0.2) is 4.39 Å². The Hall–Kier alpha value is -0.740. The van der Waals surface area contributed by atoms with Gasteiger partial charge in [0.05, 0.1) is 6.54 Å². The molecule has 0 aromatic heterocycles. The maximum atomic E-state index is 13.6. The largest absolute Gasteiger partial charge is 0.489 e. The number of ether oxygens (including phenoxy) is 2. The molecule has 0 unspecified atom stereocenters. The van der Waals surface area contributed by atoms with Gasteiger partial charge < -0.3 is 19.7 Å². The molecule has 0 spiro atoms. The maximum absolute atomic E-state index is 13.6. The minimum atomic E-state index is -0.337. The van der Waals surface area contributed by atoms with Crippen molar-refractivity contribution in [3.8, 4) is 5.75 Å². The van der Waals surface area contributed by atoms with Crippen molar-refractivity contribution < 1.29 is 13.9 Å². The van der Waals surface area contributed by atoms with Gasteiger partial charge in [-0.15, -0.1) is 24.0 Å². The summed E-state index contributed by atoms with van der Waals surface area (Å²) in [6.45, 7) is 5.70. The number of guanidine groups is 1. The number of rotatable bonds is 8. The molecule has 1 heterocycles. The summed E-state index contributed by atoms with van der Waals surface area (Å²) in [4.78, 5) is 6.37. The zero-order valence-corrected chi connectivity index (χ0v) is 19.5. The Morgan fingerprint density at radius 1 is 1.37 bits per heavy atom. The van der Waals surface area contributed by atoms with Gasteiger partial charge in [-0.3, -0.25) is 4.99 Å². The first-order chi connectivity index (χ1) is 12.6. The Morgan fingerprint density at radius 3 is 2.70 bits per heavy atom. The Kier molecular flexibility index (Phi) is 11.4. The molecule has 8 heteroatoms. The fraction of sp³-hybridized carbons (Fsp3) is 0.632. The Labute approximate surface area is 183 Å². The van der Waals surface area contributed by atoms with Crippen LogP contribution in [0.15, 0.2) is 29.3 Å². The molecule has 2 rings (SSSR count). The van der Waals surface area contributed by atoms with Gasteiger partial charge in [0, 0.05) is 38.6 Å². The van der Waals surface area contributed by atoms with Crippen LogP contribution in [0.5, 0.6) is 5.75 Å². The van der Waals surface area contributed by atoms with E-state index >= 15 is 0 Å². The van der Waals surface area contributed by atoms with Crippen molar-refractivity contribution in [1.29, 1.82) is 0 Å².